The van der Waals surface area contributed by atoms with Crippen molar-refractivity contribution in [2.75, 3.05) is 5.32 Å². The van der Waals surface area contributed by atoms with E-state index in [1.54, 1.807) is 36.4 Å². The summed E-state index contributed by atoms with van der Waals surface area (Å²) in [5.41, 5.74) is 1.06. The van der Waals surface area contributed by atoms with E-state index in [2.05, 4.69) is 5.32 Å². The maximum absolute atomic E-state index is 14.0. The fourth-order valence-electron chi connectivity index (χ4n) is 3.81. The van der Waals surface area contributed by atoms with Crippen LogP contribution in [0.5, 0.6) is 5.75 Å². The molecular weight excluding hydrogens is 471 g/mol. The fourth-order valence-corrected chi connectivity index (χ4v) is 3.81. The summed E-state index contributed by atoms with van der Waals surface area (Å²) in [4.78, 5) is 25.3. The van der Waals surface area contributed by atoms with Crippen LogP contribution < -0.4 is 10.7 Å². The van der Waals surface area contributed by atoms with Crippen molar-refractivity contribution in [1.82, 2.24) is 0 Å². The zero-order valence-corrected chi connectivity index (χ0v) is 18.4. The molecule has 1 aromatic heterocycles. The molecular formula is C28H16F3NO4. The predicted molar refractivity (Wildman–Crippen MR) is 129 cm³/mol. The molecule has 0 saturated carbocycles. The summed E-state index contributed by atoms with van der Waals surface area (Å²) in [6.45, 7) is 0. The Bertz CT molecular complexity index is 1690. The Labute approximate surface area is 202 Å². The first kappa shape index (κ1) is 22.9. The van der Waals surface area contributed by atoms with E-state index in [4.69, 9.17) is 4.42 Å². The van der Waals surface area contributed by atoms with Crippen molar-refractivity contribution in [3.63, 3.8) is 0 Å². The van der Waals surface area contributed by atoms with Crippen LogP contribution in [0.15, 0.2) is 94.1 Å². The fraction of sp³-hybridized carbons (Fsp3) is 0. The van der Waals surface area contributed by atoms with E-state index in [-0.39, 0.29) is 39.4 Å². The molecule has 0 aliphatic rings. The molecule has 5 aromatic rings. The molecule has 0 aliphatic carbocycles. The number of halogens is 3. The molecule has 0 fully saturated rings. The van der Waals surface area contributed by atoms with Gasteiger partial charge in [0.1, 0.15) is 23.0 Å². The summed E-state index contributed by atoms with van der Waals surface area (Å²) >= 11 is 0. The number of anilines is 1. The third kappa shape index (κ3) is 4.32. The summed E-state index contributed by atoms with van der Waals surface area (Å²) in [5.74, 6) is -3.77. The lowest BCUT2D eigenvalue weighted by molar-refractivity contribution is 0.102. The van der Waals surface area contributed by atoms with Crippen LogP contribution in [0.25, 0.3) is 33.4 Å². The SMILES string of the molecule is O=C(Nc1cccc(-c2oc3cc(-c4ccc(F)cc4)ccc3c(=O)c2O)c1)c1ccc(F)cc1F. The summed E-state index contributed by atoms with van der Waals surface area (Å²) in [5, 5.41) is 13.2. The average molecular weight is 487 g/mol. The molecule has 5 rings (SSSR count). The minimum atomic E-state index is -1.02. The van der Waals surface area contributed by atoms with Crippen LogP contribution in [0, 0.1) is 17.5 Å². The van der Waals surface area contributed by atoms with E-state index in [0.29, 0.717) is 17.2 Å². The molecule has 5 nitrogen and oxygen atoms in total. The molecule has 1 heterocycles. The lowest BCUT2D eigenvalue weighted by Crippen LogP contribution is -2.14. The molecule has 0 atom stereocenters. The van der Waals surface area contributed by atoms with Crippen LogP contribution in [0.1, 0.15) is 10.4 Å². The van der Waals surface area contributed by atoms with Crippen LogP contribution in [0.2, 0.25) is 0 Å². The standard InChI is InChI=1S/C28H16F3NO4/c29-18-7-4-15(5-8-18)16-6-10-22-24(13-16)36-27(26(34)25(22)33)17-2-1-3-20(12-17)32-28(35)21-11-9-19(30)14-23(21)31/h1-14,34H,(H,32,35). The van der Waals surface area contributed by atoms with Crippen molar-refractivity contribution >= 4 is 22.6 Å². The quantitative estimate of drug-likeness (QED) is 0.303. The van der Waals surface area contributed by atoms with Crippen molar-refractivity contribution in [1.29, 1.82) is 0 Å². The monoisotopic (exact) mass is 487 g/mol. The first-order chi connectivity index (χ1) is 17.3. The van der Waals surface area contributed by atoms with E-state index in [0.717, 1.165) is 12.1 Å². The number of carbonyl (C=O) groups excluding carboxylic acids is 1. The first-order valence-electron chi connectivity index (χ1n) is 10.7. The van der Waals surface area contributed by atoms with Crippen LogP contribution in [-0.2, 0) is 0 Å². The Kier molecular flexibility index (Phi) is 5.77. The highest BCUT2D eigenvalue weighted by Crippen LogP contribution is 2.33. The summed E-state index contributed by atoms with van der Waals surface area (Å²) < 4.78 is 46.3. The molecule has 8 heteroatoms. The van der Waals surface area contributed by atoms with Gasteiger partial charge in [-0.05, 0) is 59.7 Å². The third-order valence-electron chi connectivity index (χ3n) is 5.60. The highest BCUT2D eigenvalue weighted by molar-refractivity contribution is 6.04. The number of hydrogen-bond donors (Lipinski definition) is 2. The zero-order valence-electron chi connectivity index (χ0n) is 18.4. The number of benzene rings is 4. The van der Waals surface area contributed by atoms with Crippen molar-refractivity contribution in [3.8, 4) is 28.2 Å². The topological polar surface area (TPSA) is 79.5 Å². The lowest BCUT2D eigenvalue weighted by Gasteiger charge is -2.10. The zero-order chi connectivity index (χ0) is 25.4. The molecule has 0 aliphatic heterocycles. The van der Waals surface area contributed by atoms with Crippen LogP contribution in [-0.4, -0.2) is 11.0 Å². The Hall–Kier alpha value is -4.85. The van der Waals surface area contributed by atoms with Gasteiger partial charge in [-0.15, -0.1) is 0 Å². The van der Waals surface area contributed by atoms with Gasteiger partial charge in [0.2, 0.25) is 11.2 Å². The molecule has 178 valence electrons. The molecule has 0 radical (unpaired) electrons. The number of carbonyl (C=O) groups is 1. The number of fused-ring (bicyclic) bond motifs is 1. The van der Waals surface area contributed by atoms with Crippen LogP contribution in [0.3, 0.4) is 0 Å². The smallest absolute Gasteiger partial charge is 0.258 e. The molecule has 2 N–H and O–H groups in total. The predicted octanol–water partition coefficient (Wildman–Crippen LogP) is 6.50. The number of amides is 1. The number of rotatable bonds is 4. The molecule has 0 unspecified atom stereocenters. The summed E-state index contributed by atoms with van der Waals surface area (Å²) in [6, 6.07) is 19.2. The molecule has 4 aromatic carbocycles. The second kappa shape index (κ2) is 9.07. The van der Waals surface area contributed by atoms with Crippen LogP contribution >= 0.6 is 0 Å². The highest BCUT2D eigenvalue weighted by atomic mass is 19.1. The van der Waals surface area contributed by atoms with Crippen molar-refractivity contribution < 1.29 is 27.5 Å². The van der Waals surface area contributed by atoms with Crippen LogP contribution in [0.4, 0.5) is 18.9 Å². The van der Waals surface area contributed by atoms with Gasteiger partial charge in [-0.2, -0.15) is 0 Å². The third-order valence-corrected chi connectivity index (χ3v) is 5.60. The van der Waals surface area contributed by atoms with E-state index in [1.807, 2.05) is 0 Å². The largest absolute Gasteiger partial charge is 0.502 e. The number of aromatic hydroxyl groups is 1. The van der Waals surface area contributed by atoms with E-state index >= 15 is 0 Å². The second-order valence-electron chi connectivity index (χ2n) is 7.99. The van der Waals surface area contributed by atoms with Gasteiger partial charge in [0.25, 0.3) is 5.91 Å². The Morgan fingerprint density at radius 1 is 0.778 bits per heavy atom. The molecule has 1 amide bonds. The second-order valence-corrected chi connectivity index (χ2v) is 7.99. The first-order valence-corrected chi connectivity index (χ1v) is 10.7. The minimum Gasteiger partial charge on any atom is -0.502 e. The number of nitrogens with one attached hydrogen (secondary N) is 1. The van der Waals surface area contributed by atoms with E-state index in [9.17, 15) is 27.9 Å². The van der Waals surface area contributed by atoms with Gasteiger partial charge >= 0.3 is 0 Å². The molecule has 0 saturated heterocycles. The molecule has 0 spiro atoms. The Balaban J connectivity index is 1.53. The van der Waals surface area contributed by atoms with E-state index in [1.165, 1.54) is 30.3 Å². The van der Waals surface area contributed by atoms with Crippen molar-refractivity contribution in [2.45, 2.75) is 0 Å². The van der Waals surface area contributed by atoms with Gasteiger partial charge in [0.05, 0.1) is 10.9 Å². The van der Waals surface area contributed by atoms with Crippen molar-refractivity contribution in [2.24, 2.45) is 0 Å². The Morgan fingerprint density at radius 2 is 1.50 bits per heavy atom. The average Bonchev–Trinajstić information content (AvgIpc) is 2.86. The summed E-state index contributed by atoms with van der Waals surface area (Å²) in [6.07, 6.45) is 0. The Morgan fingerprint density at radius 3 is 2.25 bits per heavy atom. The summed E-state index contributed by atoms with van der Waals surface area (Å²) in [7, 11) is 0. The highest BCUT2D eigenvalue weighted by Gasteiger charge is 2.18. The number of hydrogen-bond acceptors (Lipinski definition) is 4. The molecule has 36 heavy (non-hydrogen) atoms. The van der Waals surface area contributed by atoms with Gasteiger partial charge in [-0.1, -0.05) is 30.3 Å². The van der Waals surface area contributed by atoms with Gasteiger partial charge < -0.3 is 14.8 Å². The lowest BCUT2D eigenvalue weighted by atomic mass is 10.0. The minimum absolute atomic E-state index is 0.132. The van der Waals surface area contributed by atoms with Gasteiger partial charge in [0.15, 0.2) is 5.76 Å². The van der Waals surface area contributed by atoms with Gasteiger partial charge in [0, 0.05) is 17.3 Å². The van der Waals surface area contributed by atoms with E-state index < -0.39 is 28.7 Å². The maximum Gasteiger partial charge on any atom is 0.258 e. The van der Waals surface area contributed by atoms with Gasteiger partial charge in [-0.25, -0.2) is 13.2 Å². The maximum atomic E-state index is 14.0. The van der Waals surface area contributed by atoms with Crippen molar-refractivity contribution in [3.05, 3.63) is 118 Å². The normalized spacial score (nSPS) is 11.0. The molecule has 0 bridgehead atoms. The van der Waals surface area contributed by atoms with Gasteiger partial charge in [-0.3, -0.25) is 9.59 Å².